The molecule has 1 amide bonds. The van der Waals surface area contributed by atoms with Crippen LogP contribution in [-0.4, -0.2) is 36.2 Å². The first-order valence-electron chi connectivity index (χ1n) is 9.41. The maximum Gasteiger partial charge on any atom is 0.410 e. The van der Waals surface area contributed by atoms with Gasteiger partial charge in [-0.15, -0.1) is 0 Å². The van der Waals surface area contributed by atoms with E-state index in [4.69, 9.17) is 21.1 Å². The smallest absolute Gasteiger partial charge is 0.410 e. The van der Waals surface area contributed by atoms with Crippen molar-refractivity contribution in [1.82, 2.24) is 4.90 Å². The van der Waals surface area contributed by atoms with E-state index in [0.29, 0.717) is 43.1 Å². The average molecular weight is 404 g/mol. The Morgan fingerprint density at radius 3 is 2.39 bits per heavy atom. The minimum absolute atomic E-state index is 0.260. The Kier molecular flexibility index (Phi) is 8.82. The largest absolute Gasteiger partial charge is 0.459 e. The zero-order chi connectivity index (χ0) is 20.4. The summed E-state index contributed by atoms with van der Waals surface area (Å²) < 4.78 is 10.6. The van der Waals surface area contributed by atoms with Gasteiger partial charge in [-0.3, -0.25) is 0 Å². The predicted molar refractivity (Wildman–Crippen MR) is 109 cm³/mol. The highest BCUT2D eigenvalue weighted by atomic mass is 35.5. The maximum absolute atomic E-state index is 12.2. The summed E-state index contributed by atoms with van der Waals surface area (Å²) >= 11 is 5.83. The molecule has 1 atom stereocenters. The molecule has 2 aromatic carbocycles. The molecule has 0 bridgehead atoms. The molecule has 6 heteroatoms. The van der Waals surface area contributed by atoms with Crippen molar-refractivity contribution < 1.29 is 19.1 Å². The molecule has 0 heterocycles. The molecule has 2 rings (SSSR count). The summed E-state index contributed by atoms with van der Waals surface area (Å²) in [5.74, 6) is -0.379. The predicted octanol–water partition coefficient (Wildman–Crippen LogP) is 5.32. The molecule has 0 aliphatic rings. The SMILES string of the molecule is CCOC(=O)N(CCCC(C)OC(=O)c1ccc(Cl)cc1)Cc1ccccc1. The van der Waals surface area contributed by atoms with E-state index in [0.717, 1.165) is 5.56 Å². The zero-order valence-electron chi connectivity index (χ0n) is 16.3. The molecule has 0 aliphatic heterocycles. The summed E-state index contributed by atoms with van der Waals surface area (Å²) in [6.45, 7) is 4.98. The number of ether oxygens (including phenoxy) is 2. The van der Waals surface area contributed by atoms with Crippen molar-refractivity contribution in [2.45, 2.75) is 39.3 Å². The molecule has 1 unspecified atom stereocenters. The zero-order valence-corrected chi connectivity index (χ0v) is 17.0. The summed E-state index contributed by atoms with van der Waals surface area (Å²) in [6.07, 6.45) is 0.742. The van der Waals surface area contributed by atoms with Crippen LogP contribution in [0.1, 0.15) is 42.6 Å². The molecule has 28 heavy (non-hydrogen) atoms. The standard InChI is InChI=1S/C22H26ClNO4/c1-3-27-22(26)24(16-18-9-5-4-6-10-18)15-7-8-17(2)28-21(25)19-11-13-20(23)14-12-19/h4-6,9-14,17H,3,7-8,15-16H2,1-2H3. The van der Waals surface area contributed by atoms with Gasteiger partial charge in [0.25, 0.3) is 0 Å². The number of hydrogen-bond donors (Lipinski definition) is 0. The Morgan fingerprint density at radius 2 is 1.75 bits per heavy atom. The molecule has 0 spiro atoms. The molecule has 0 radical (unpaired) electrons. The van der Waals surface area contributed by atoms with Crippen LogP contribution < -0.4 is 0 Å². The van der Waals surface area contributed by atoms with Crippen molar-refractivity contribution in [3.63, 3.8) is 0 Å². The number of amides is 1. The second-order valence-corrected chi connectivity index (χ2v) is 6.91. The third-order valence-corrected chi connectivity index (χ3v) is 4.42. The van der Waals surface area contributed by atoms with Crippen LogP contribution in [0.3, 0.4) is 0 Å². The van der Waals surface area contributed by atoms with E-state index in [1.165, 1.54) is 0 Å². The van der Waals surface area contributed by atoms with E-state index in [-0.39, 0.29) is 18.2 Å². The summed E-state index contributed by atoms with van der Waals surface area (Å²) in [4.78, 5) is 26.0. The summed E-state index contributed by atoms with van der Waals surface area (Å²) in [5, 5.41) is 0.571. The highest BCUT2D eigenvalue weighted by Gasteiger charge is 2.17. The fraction of sp³-hybridized carbons (Fsp3) is 0.364. The minimum atomic E-state index is -0.379. The van der Waals surface area contributed by atoms with Crippen LogP contribution in [0.4, 0.5) is 4.79 Å². The van der Waals surface area contributed by atoms with Crippen molar-refractivity contribution >= 4 is 23.7 Å². The van der Waals surface area contributed by atoms with Gasteiger partial charge in [0.15, 0.2) is 0 Å². The quantitative estimate of drug-likeness (QED) is 0.531. The topological polar surface area (TPSA) is 55.8 Å². The van der Waals surface area contributed by atoms with Gasteiger partial charge in [-0.25, -0.2) is 9.59 Å². The number of benzene rings is 2. The number of nitrogens with zero attached hydrogens (tertiary/aromatic N) is 1. The second kappa shape index (κ2) is 11.3. The second-order valence-electron chi connectivity index (χ2n) is 6.47. The van der Waals surface area contributed by atoms with Gasteiger partial charge in [-0.1, -0.05) is 41.9 Å². The molecule has 0 fully saturated rings. The number of carbonyl (C=O) groups is 2. The molecule has 2 aromatic rings. The van der Waals surface area contributed by atoms with E-state index in [2.05, 4.69) is 0 Å². The number of carbonyl (C=O) groups excluding carboxylic acids is 2. The van der Waals surface area contributed by atoms with Crippen LogP contribution in [0.2, 0.25) is 5.02 Å². The van der Waals surface area contributed by atoms with Crippen LogP contribution >= 0.6 is 11.6 Å². The summed E-state index contributed by atoms with van der Waals surface area (Å²) in [5.41, 5.74) is 1.51. The Hall–Kier alpha value is -2.53. The lowest BCUT2D eigenvalue weighted by molar-refractivity contribution is 0.0311. The highest BCUT2D eigenvalue weighted by Crippen LogP contribution is 2.13. The third-order valence-electron chi connectivity index (χ3n) is 4.17. The fourth-order valence-corrected chi connectivity index (χ4v) is 2.84. The highest BCUT2D eigenvalue weighted by molar-refractivity contribution is 6.30. The lowest BCUT2D eigenvalue weighted by Gasteiger charge is -2.23. The van der Waals surface area contributed by atoms with Crippen LogP contribution in [-0.2, 0) is 16.0 Å². The van der Waals surface area contributed by atoms with Gasteiger partial charge < -0.3 is 14.4 Å². The molecular formula is C22H26ClNO4. The summed E-state index contributed by atoms with van der Waals surface area (Å²) in [7, 11) is 0. The van der Waals surface area contributed by atoms with Gasteiger partial charge >= 0.3 is 12.1 Å². The van der Waals surface area contributed by atoms with Gasteiger partial charge in [0.1, 0.15) is 0 Å². The Morgan fingerprint density at radius 1 is 1.07 bits per heavy atom. The first-order chi connectivity index (χ1) is 13.5. The molecule has 0 saturated carbocycles. The molecule has 0 aliphatic carbocycles. The average Bonchev–Trinajstić information content (AvgIpc) is 2.68. The van der Waals surface area contributed by atoms with E-state index in [1.54, 1.807) is 36.1 Å². The van der Waals surface area contributed by atoms with Crippen molar-refractivity contribution in [3.05, 3.63) is 70.7 Å². The van der Waals surface area contributed by atoms with Crippen molar-refractivity contribution in [2.24, 2.45) is 0 Å². The number of esters is 1. The van der Waals surface area contributed by atoms with E-state index >= 15 is 0 Å². The van der Waals surface area contributed by atoms with Gasteiger partial charge in [-0.05, 0) is 56.5 Å². The maximum atomic E-state index is 12.2. The molecule has 0 saturated heterocycles. The van der Waals surface area contributed by atoms with Gasteiger partial charge in [0.2, 0.25) is 0 Å². The Balaban J connectivity index is 1.83. The third kappa shape index (κ3) is 7.24. The molecule has 0 N–H and O–H groups in total. The normalized spacial score (nSPS) is 11.5. The fourth-order valence-electron chi connectivity index (χ4n) is 2.72. The lowest BCUT2D eigenvalue weighted by atomic mass is 10.1. The molecule has 5 nitrogen and oxygen atoms in total. The van der Waals surface area contributed by atoms with Gasteiger partial charge in [0, 0.05) is 18.1 Å². The van der Waals surface area contributed by atoms with Crippen molar-refractivity contribution in [2.75, 3.05) is 13.2 Å². The van der Waals surface area contributed by atoms with Crippen LogP contribution in [0.5, 0.6) is 0 Å². The Labute approximate surface area is 171 Å². The van der Waals surface area contributed by atoms with Gasteiger partial charge in [0.05, 0.1) is 18.3 Å². The van der Waals surface area contributed by atoms with E-state index in [9.17, 15) is 9.59 Å². The van der Waals surface area contributed by atoms with Crippen LogP contribution in [0, 0.1) is 0 Å². The van der Waals surface area contributed by atoms with Crippen LogP contribution in [0.15, 0.2) is 54.6 Å². The molecular weight excluding hydrogens is 378 g/mol. The van der Waals surface area contributed by atoms with Crippen molar-refractivity contribution in [1.29, 1.82) is 0 Å². The van der Waals surface area contributed by atoms with E-state index < -0.39 is 0 Å². The van der Waals surface area contributed by atoms with E-state index in [1.807, 2.05) is 37.3 Å². The molecule has 150 valence electrons. The van der Waals surface area contributed by atoms with Gasteiger partial charge in [-0.2, -0.15) is 0 Å². The molecule has 0 aromatic heterocycles. The monoisotopic (exact) mass is 403 g/mol. The number of hydrogen-bond acceptors (Lipinski definition) is 4. The lowest BCUT2D eigenvalue weighted by Crippen LogP contribution is -2.32. The first-order valence-corrected chi connectivity index (χ1v) is 9.79. The van der Waals surface area contributed by atoms with Crippen LogP contribution in [0.25, 0.3) is 0 Å². The Bertz CT molecular complexity index is 749. The number of halogens is 1. The first kappa shape index (κ1) is 21.8. The number of rotatable bonds is 9. The minimum Gasteiger partial charge on any atom is -0.459 e. The summed E-state index contributed by atoms with van der Waals surface area (Å²) in [6, 6.07) is 16.4. The van der Waals surface area contributed by atoms with Crippen molar-refractivity contribution in [3.8, 4) is 0 Å².